The Hall–Kier alpha value is -0.890. The summed E-state index contributed by atoms with van der Waals surface area (Å²) in [5, 5.41) is 0. The summed E-state index contributed by atoms with van der Waals surface area (Å²) >= 11 is 0. The molecule has 0 spiro atoms. The standard InChI is InChI=1S/C11H16FN/c1-3-9-7-11(12)8(2)6-10(9)4-5-13/h6-7H,3-5,13H2,1-2H3. The third kappa shape index (κ3) is 2.28. The van der Waals surface area contributed by atoms with Crippen molar-refractivity contribution in [1.82, 2.24) is 0 Å². The van der Waals surface area contributed by atoms with Gasteiger partial charge in [-0.05, 0) is 49.1 Å². The van der Waals surface area contributed by atoms with Crippen LogP contribution in [0.3, 0.4) is 0 Å². The van der Waals surface area contributed by atoms with Gasteiger partial charge >= 0.3 is 0 Å². The molecule has 13 heavy (non-hydrogen) atoms. The van der Waals surface area contributed by atoms with Gasteiger partial charge in [0.1, 0.15) is 5.82 Å². The van der Waals surface area contributed by atoms with Gasteiger partial charge in [0.05, 0.1) is 0 Å². The van der Waals surface area contributed by atoms with Crippen molar-refractivity contribution in [2.75, 3.05) is 6.54 Å². The summed E-state index contributed by atoms with van der Waals surface area (Å²) in [6, 6.07) is 3.53. The molecule has 1 nitrogen and oxygen atoms in total. The molecule has 1 aromatic rings. The van der Waals surface area contributed by atoms with E-state index < -0.39 is 0 Å². The van der Waals surface area contributed by atoms with E-state index in [0.717, 1.165) is 18.4 Å². The molecule has 0 radical (unpaired) electrons. The zero-order chi connectivity index (χ0) is 9.84. The Balaban J connectivity index is 3.09. The van der Waals surface area contributed by atoms with Crippen molar-refractivity contribution in [2.24, 2.45) is 5.73 Å². The maximum Gasteiger partial charge on any atom is 0.126 e. The zero-order valence-electron chi connectivity index (χ0n) is 8.23. The summed E-state index contributed by atoms with van der Waals surface area (Å²) in [5.41, 5.74) is 8.45. The van der Waals surface area contributed by atoms with E-state index in [4.69, 9.17) is 5.73 Å². The van der Waals surface area contributed by atoms with Gasteiger partial charge < -0.3 is 5.73 Å². The number of halogens is 1. The van der Waals surface area contributed by atoms with Crippen molar-refractivity contribution in [3.63, 3.8) is 0 Å². The molecule has 0 bridgehead atoms. The molecule has 0 fully saturated rings. The van der Waals surface area contributed by atoms with E-state index in [1.165, 1.54) is 5.56 Å². The van der Waals surface area contributed by atoms with Crippen molar-refractivity contribution >= 4 is 0 Å². The predicted octanol–water partition coefficient (Wildman–Crippen LogP) is 2.20. The highest BCUT2D eigenvalue weighted by molar-refractivity contribution is 5.33. The highest BCUT2D eigenvalue weighted by Gasteiger charge is 2.04. The van der Waals surface area contributed by atoms with Crippen molar-refractivity contribution in [2.45, 2.75) is 26.7 Å². The van der Waals surface area contributed by atoms with Crippen LogP contribution < -0.4 is 5.73 Å². The second-order valence-corrected chi connectivity index (χ2v) is 3.26. The average molecular weight is 181 g/mol. The first-order valence-electron chi connectivity index (χ1n) is 4.67. The third-order valence-electron chi connectivity index (χ3n) is 2.28. The Morgan fingerprint density at radius 2 is 2.00 bits per heavy atom. The number of benzene rings is 1. The summed E-state index contributed by atoms with van der Waals surface area (Å²) in [7, 11) is 0. The van der Waals surface area contributed by atoms with Crippen LogP contribution in [0.2, 0.25) is 0 Å². The number of nitrogens with two attached hydrogens (primary N) is 1. The largest absolute Gasteiger partial charge is 0.330 e. The van der Waals surface area contributed by atoms with E-state index >= 15 is 0 Å². The first kappa shape index (κ1) is 10.2. The van der Waals surface area contributed by atoms with Crippen LogP contribution in [-0.4, -0.2) is 6.54 Å². The maximum atomic E-state index is 13.2. The fraction of sp³-hybridized carbons (Fsp3) is 0.455. The van der Waals surface area contributed by atoms with Crippen LogP contribution in [0.25, 0.3) is 0 Å². The van der Waals surface area contributed by atoms with Gasteiger partial charge in [-0.25, -0.2) is 4.39 Å². The molecule has 1 aromatic carbocycles. The number of hydrogen-bond donors (Lipinski definition) is 1. The number of rotatable bonds is 3. The molecule has 0 amide bonds. The highest BCUT2D eigenvalue weighted by Crippen LogP contribution is 2.16. The van der Waals surface area contributed by atoms with Crippen LogP contribution >= 0.6 is 0 Å². The van der Waals surface area contributed by atoms with Gasteiger partial charge in [0.15, 0.2) is 0 Å². The molecule has 0 unspecified atom stereocenters. The average Bonchev–Trinajstić information content (AvgIpc) is 2.11. The molecule has 0 aromatic heterocycles. The van der Waals surface area contributed by atoms with E-state index in [0.29, 0.717) is 12.1 Å². The monoisotopic (exact) mass is 181 g/mol. The van der Waals surface area contributed by atoms with Crippen molar-refractivity contribution in [3.8, 4) is 0 Å². The fourth-order valence-electron chi connectivity index (χ4n) is 1.50. The van der Waals surface area contributed by atoms with Crippen LogP contribution in [0, 0.1) is 12.7 Å². The van der Waals surface area contributed by atoms with Crippen molar-refractivity contribution in [3.05, 3.63) is 34.6 Å². The molecular weight excluding hydrogens is 165 g/mol. The van der Waals surface area contributed by atoms with E-state index in [2.05, 4.69) is 0 Å². The van der Waals surface area contributed by atoms with Gasteiger partial charge in [-0.15, -0.1) is 0 Å². The lowest BCUT2D eigenvalue weighted by atomic mass is 9.99. The second-order valence-electron chi connectivity index (χ2n) is 3.26. The predicted molar refractivity (Wildman–Crippen MR) is 53.3 cm³/mol. The van der Waals surface area contributed by atoms with Crippen molar-refractivity contribution in [1.29, 1.82) is 0 Å². The zero-order valence-corrected chi connectivity index (χ0v) is 8.23. The molecule has 0 aliphatic heterocycles. The fourth-order valence-corrected chi connectivity index (χ4v) is 1.50. The molecule has 0 atom stereocenters. The molecular formula is C11H16FN. The van der Waals surface area contributed by atoms with Gasteiger partial charge in [-0.2, -0.15) is 0 Å². The Kier molecular flexibility index (Phi) is 3.43. The third-order valence-corrected chi connectivity index (χ3v) is 2.28. The minimum Gasteiger partial charge on any atom is -0.330 e. The Labute approximate surface area is 78.8 Å². The lowest BCUT2D eigenvalue weighted by Crippen LogP contribution is -2.06. The Morgan fingerprint density at radius 1 is 1.31 bits per heavy atom. The molecule has 0 saturated carbocycles. The molecule has 2 heteroatoms. The summed E-state index contributed by atoms with van der Waals surface area (Å²) in [6.07, 6.45) is 1.71. The van der Waals surface area contributed by atoms with Crippen LogP contribution in [0.15, 0.2) is 12.1 Å². The van der Waals surface area contributed by atoms with E-state index in [-0.39, 0.29) is 5.82 Å². The molecule has 0 aliphatic rings. The van der Waals surface area contributed by atoms with E-state index in [1.807, 2.05) is 13.0 Å². The van der Waals surface area contributed by atoms with Gasteiger partial charge in [-0.3, -0.25) is 0 Å². The highest BCUT2D eigenvalue weighted by atomic mass is 19.1. The normalized spacial score (nSPS) is 10.5. The quantitative estimate of drug-likeness (QED) is 0.760. The SMILES string of the molecule is CCc1cc(F)c(C)cc1CCN. The van der Waals surface area contributed by atoms with Crippen molar-refractivity contribution < 1.29 is 4.39 Å². The maximum absolute atomic E-state index is 13.2. The summed E-state index contributed by atoms with van der Waals surface area (Å²) in [4.78, 5) is 0. The summed E-state index contributed by atoms with van der Waals surface area (Å²) in [5.74, 6) is -0.113. The minimum atomic E-state index is -0.113. The number of hydrogen-bond acceptors (Lipinski definition) is 1. The van der Waals surface area contributed by atoms with Gasteiger partial charge in [-0.1, -0.05) is 13.0 Å². The topological polar surface area (TPSA) is 26.0 Å². The smallest absolute Gasteiger partial charge is 0.126 e. The molecule has 0 saturated heterocycles. The van der Waals surface area contributed by atoms with E-state index in [9.17, 15) is 4.39 Å². The molecule has 0 heterocycles. The first-order valence-corrected chi connectivity index (χ1v) is 4.67. The molecule has 2 N–H and O–H groups in total. The van der Waals surface area contributed by atoms with Crippen LogP contribution in [-0.2, 0) is 12.8 Å². The van der Waals surface area contributed by atoms with Crippen LogP contribution in [0.4, 0.5) is 4.39 Å². The van der Waals surface area contributed by atoms with Crippen LogP contribution in [0.1, 0.15) is 23.6 Å². The second kappa shape index (κ2) is 4.38. The van der Waals surface area contributed by atoms with E-state index in [1.54, 1.807) is 13.0 Å². The summed E-state index contributed by atoms with van der Waals surface area (Å²) < 4.78 is 13.2. The first-order chi connectivity index (χ1) is 6.19. The number of aryl methyl sites for hydroxylation is 2. The Bertz CT molecular complexity index is 294. The van der Waals surface area contributed by atoms with Gasteiger partial charge in [0.25, 0.3) is 0 Å². The molecule has 72 valence electrons. The minimum absolute atomic E-state index is 0.113. The lowest BCUT2D eigenvalue weighted by Gasteiger charge is -2.08. The molecule has 0 aliphatic carbocycles. The van der Waals surface area contributed by atoms with Gasteiger partial charge in [0, 0.05) is 0 Å². The molecule has 1 rings (SSSR count). The van der Waals surface area contributed by atoms with Crippen LogP contribution in [0.5, 0.6) is 0 Å². The lowest BCUT2D eigenvalue weighted by molar-refractivity contribution is 0.615. The Morgan fingerprint density at radius 3 is 2.54 bits per heavy atom. The van der Waals surface area contributed by atoms with Gasteiger partial charge in [0.2, 0.25) is 0 Å². The summed E-state index contributed by atoms with van der Waals surface area (Å²) in [6.45, 7) is 4.44.